The maximum atomic E-state index is 11.0. The van der Waals surface area contributed by atoms with Gasteiger partial charge in [0.25, 0.3) is 0 Å². The van der Waals surface area contributed by atoms with E-state index in [1.165, 1.54) is 0 Å². The Labute approximate surface area is 111 Å². The quantitative estimate of drug-likeness (QED) is 0.789. The van der Waals surface area contributed by atoms with Gasteiger partial charge in [0, 0.05) is 12.6 Å². The van der Waals surface area contributed by atoms with Crippen molar-refractivity contribution in [3.05, 3.63) is 5.28 Å². The van der Waals surface area contributed by atoms with Crippen LogP contribution in [0.1, 0.15) is 20.8 Å². The van der Waals surface area contributed by atoms with Crippen LogP contribution < -0.4 is 16.0 Å². The molecule has 100 valence electrons. The molecule has 1 aromatic heterocycles. The van der Waals surface area contributed by atoms with Crippen LogP contribution in [0.25, 0.3) is 0 Å². The molecule has 0 unspecified atom stereocenters. The van der Waals surface area contributed by atoms with Crippen molar-refractivity contribution in [2.45, 2.75) is 26.8 Å². The lowest BCUT2D eigenvalue weighted by atomic mass is 10.3. The summed E-state index contributed by atoms with van der Waals surface area (Å²) in [7, 11) is 0. The van der Waals surface area contributed by atoms with Crippen LogP contribution in [0.2, 0.25) is 5.28 Å². The van der Waals surface area contributed by atoms with Crippen molar-refractivity contribution < 1.29 is 4.79 Å². The monoisotopic (exact) mass is 272 g/mol. The lowest BCUT2D eigenvalue weighted by Gasteiger charge is -2.25. The Kier molecular flexibility index (Phi) is 5.08. The predicted molar refractivity (Wildman–Crippen MR) is 70.7 cm³/mol. The van der Waals surface area contributed by atoms with E-state index in [9.17, 15) is 4.79 Å². The van der Waals surface area contributed by atoms with E-state index in [0.717, 1.165) is 0 Å². The molecule has 18 heavy (non-hydrogen) atoms. The second-order valence-electron chi connectivity index (χ2n) is 3.95. The highest BCUT2D eigenvalue weighted by atomic mass is 35.5. The van der Waals surface area contributed by atoms with E-state index in [2.05, 4.69) is 20.3 Å². The number of hydrogen-bond donors (Lipinski definition) is 2. The number of hydrogen-bond acceptors (Lipinski definition) is 6. The van der Waals surface area contributed by atoms with Gasteiger partial charge in [-0.05, 0) is 32.4 Å². The van der Waals surface area contributed by atoms with Crippen molar-refractivity contribution in [1.82, 2.24) is 15.0 Å². The van der Waals surface area contributed by atoms with Crippen molar-refractivity contribution in [2.75, 3.05) is 23.3 Å². The van der Waals surface area contributed by atoms with Gasteiger partial charge in [0.1, 0.15) is 0 Å². The van der Waals surface area contributed by atoms with Crippen LogP contribution in [-0.2, 0) is 4.79 Å². The highest BCUT2D eigenvalue weighted by Crippen LogP contribution is 2.15. The zero-order valence-corrected chi connectivity index (χ0v) is 11.4. The van der Waals surface area contributed by atoms with E-state index >= 15 is 0 Å². The van der Waals surface area contributed by atoms with Gasteiger partial charge in [0.05, 0.1) is 6.54 Å². The van der Waals surface area contributed by atoms with Crippen LogP contribution in [-0.4, -0.2) is 40.0 Å². The molecule has 8 heteroatoms. The third-order valence-corrected chi connectivity index (χ3v) is 2.31. The van der Waals surface area contributed by atoms with Crippen LogP contribution in [0.4, 0.5) is 11.9 Å². The Morgan fingerprint density at radius 2 is 2.11 bits per heavy atom. The number of carbonyl (C=O) groups excluding carboxylic acids is 1. The molecule has 0 radical (unpaired) electrons. The molecule has 0 spiro atoms. The highest BCUT2D eigenvalue weighted by Gasteiger charge is 2.17. The van der Waals surface area contributed by atoms with Crippen LogP contribution >= 0.6 is 11.6 Å². The van der Waals surface area contributed by atoms with Crippen LogP contribution in [0.3, 0.4) is 0 Å². The van der Waals surface area contributed by atoms with E-state index in [0.29, 0.717) is 18.4 Å². The molecular weight excluding hydrogens is 256 g/mol. The highest BCUT2D eigenvalue weighted by molar-refractivity contribution is 6.28. The molecule has 3 N–H and O–H groups in total. The zero-order valence-electron chi connectivity index (χ0n) is 10.6. The number of anilines is 2. The number of nitrogens with zero attached hydrogens (tertiary/aromatic N) is 4. The summed E-state index contributed by atoms with van der Waals surface area (Å²) in [5.74, 6) is 0.257. The molecule has 0 aliphatic carbocycles. The molecule has 0 saturated heterocycles. The summed E-state index contributed by atoms with van der Waals surface area (Å²) in [5.41, 5.74) is 5.20. The molecule has 7 nitrogen and oxygen atoms in total. The first kappa shape index (κ1) is 14.4. The van der Waals surface area contributed by atoms with Gasteiger partial charge >= 0.3 is 0 Å². The van der Waals surface area contributed by atoms with Crippen molar-refractivity contribution in [3.63, 3.8) is 0 Å². The molecule has 1 aromatic rings. The maximum absolute atomic E-state index is 11.0. The summed E-state index contributed by atoms with van der Waals surface area (Å²) in [6, 6.07) is 0.0189. The zero-order chi connectivity index (χ0) is 13.7. The molecule has 0 aliphatic rings. The SMILES string of the molecule is CCNc1nc(Cl)nc(N(CC(N)=O)C(C)C)n1. The lowest BCUT2D eigenvalue weighted by Crippen LogP contribution is -2.39. The summed E-state index contributed by atoms with van der Waals surface area (Å²) < 4.78 is 0. The van der Waals surface area contributed by atoms with Crippen LogP contribution in [0.5, 0.6) is 0 Å². The fourth-order valence-corrected chi connectivity index (χ4v) is 1.51. The smallest absolute Gasteiger partial charge is 0.237 e. The molecule has 1 amide bonds. The van der Waals surface area contributed by atoms with Gasteiger partial charge in [-0.25, -0.2) is 0 Å². The van der Waals surface area contributed by atoms with Gasteiger partial charge in [-0.1, -0.05) is 0 Å². The first-order chi connectivity index (χ1) is 8.43. The lowest BCUT2D eigenvalue weighted by molar-refractivity contribution is -0.116. The first-order valence-corrected chi connectivity index (χ1v) is 6.02. The predicted octanol–water partition coefficient (Wildman–Crippen LogP) is 0.657. The number of nitrogens with one attached hydrogen (secondary N) is 1. The third-order valence-electron chi connectivity index (χ3n) is 2.14. The summed E-state index contributed by atoms with van der Waals surface area (Å²) in [5, 5.41) is 3.02. The summed E-state index contributed by atoms with van der Waals surface area (Å²) in [6.45, 7) is 6.43. The molecule has 1 heterocycles. The average Bonchev–Trinajstić information content (AvgIpc) is 2.24. The molecule has 0 aliphatic heterocycles. The topological polar surface area (TPSA) is 97.0 Å². The van der Waals surface area contributed by atoms with Gasteiger partial charge in [-0.3, -0.25) is 4.79 Å². The van der Waals surface area contributed by atoms with E-state index in [1.54, 1.807) is 4.90 Å². The average molecular weight is 273 g/mol. The van der Waals surface area contributed by atoms with Crippen molar-refractivity contribution in [1.29, 1.82) is 0 Å². The number of rotatable bonds is 6. The number of halogens is 1. The van der Waals surface area contributed by atoms with Gasteiger partial charge < -0.3 is 16.0 Å². The minimum Gasteiger partial charge on any atom is -0.368 e. The van der Waals surface area contributed by atoms with Crippen molar-refractivity contribution in [3.8, 4) is 0 Å². The minimum absolute atomic E-state index is 0.0189. The molecular formula is C10H17ClN6O. The van der Waals surface area contributed by atoms with Crippen molar-refractivity contribution >= 4 is 29.4 Å². The second kappa shape index (κ2) is 6.34. The van der Waals surface area contributed by atoms with Crippen LogP contribution in [0, 0.1) is 0 Å². The fraction of sp³-hybridized carbons (Fsp3) is 0.600. The normalized spacial score (nSPS) is 10.5. The minimum atomic E-state index is -0.453. The van der Waals surface area contributed by atoms with E-state index < -0.39 is 5.91 Å². The van der Waals surface area contributed by atoms with E-state index in [1.807, 2.05) is 20.8 Å². The molecule has 1 rings (SSSR count). The number of carbonyl (C=O) groups is 1. The molecule has 0 aromatic carbocycles. The number of nitrogens with two attached hydrogens (primary N) is 1. The summed E-state index contributed by atoms with van der Waals surface area (Å²) in [4.78, 5) is 24.9. The second-order valence-corrected chi connectivity index (χ2v) is 4.28. The molecule has 0 atom stereocenters. The van der Waals surface area contributed by atoms with Gasteiger partial charge in [0.15, 0.2) is 0 Å². The Balaban J connectivity index is 3.06. The van der Waals surface area contributed by atoms with E-state index in [4.69, 9.17) is 17.3 Å². The Morgan fingerprint density at radius 3 is 2.61 bits per heavy atom. The van der Waals surface area contributed by atoms with Gasteiger partial charge in [0.2, 0.25) is 23.1 Å². The Morgan fingerprint density at radius 1 is 1.44 bits per heavy atom. The fourth-order valence-electron chi connectivity index (χ4n) is 1.36. The maximum Gasteiger partial charge on any atom is 0.237 e. The van der Waals surface area contributed by atoms with Gasteiger partial charge in [-0.15, -0.1) is 0 Å². The third kappa shape index (κ3) is 3.99. The van der Waals surface area contributed by atoms with Crippen molar-refractivity contribution in [2.24, 2.45) is 5.73 Å². The van der Waals surface area contributed by atoms with E-state index in [-0.39, 0.29) is 17.9 Å². The molecule has 0 saturated carbocycles. The molecule has 0 bridgehead atoms. The molecule has 0 fully saturated rings. The Bertz CT molecular complexity index is 425. The number of aromatic nitrogens is 3. The van der Waals surface area contributed by atoms with Crippen LogP contribution in [0.15, 0.2) is 0 Å². The summed E-state index contributed by atoms with van der Waals surface area (Å²) in [6.07, 6.45) is 0. The largest absolute Gasteiger partial charge is 0.368 e. The van der Waals surface area contributed by atoms with Gasteiger partial charge in [-0.2, -0.15) is 15.0 Å². The standard InChI is InChI=1S/C10H17ClN6O/c1-4-13-9-14-8(11)15-10(16-9)17(6(2)3)5-7(12)18/h6H,4-5H2,1-3H3,(H2,12,18)(H,13,14,15,16). The first-order valence-electron chi connectivity index (χ1n) is 5.64. The summed E-state index contributed by atoms with van der Waals surface area (Å²) >= 11 is 5.83. The Hall–Kier alpha value is -1.63. The number of primary amides is 1. The number of amides is 1.